The van der Waals surface area contributed by atoms with Gasteiger partial charge in [-0.3, -0.25) is 0 Å². The van der Waals surface area contributed by atoms with Crippen LogP contribution in [0.25, 0.3) is 5.69 Å². The van der Waals surface area contributed by atoms with Crippen molar-refractivity contribution in [3.05, 3.63) is 41.4 Å². The Bertz CT molecular complexity index is 462. The van der Waals surface area contributed by atoms with Crippen LogP contribution in [0.5, 0.6) is 0 Å². The number of aryl methyl sites for hydroxylation is 1. The first-order chi connectivity index (χ1) is 6.68. The summed E-state index contributed by atoms with van der Waals surface area (Å²) >= 11 is 5.90. The van der Waals surface area contributed by atoms with E-state index in [1.165, 1.54) is 0 Å². The summed E-state index contributed by atoms with van der Waals surface area (Å²) in [6.07, 6.45) is 3.59. The number of imidazole rings is 1. The molecule has 1 aromatic carbocycles. The average Bonchev–Trinajstić information content (AvgIpc) is 2.56. The third-order valence-electron chi connectivity index (χ3n) is 2.08. The van der Waals surface area contributed by atoms with Crippen molar-refractivity contribution in [2.24, 2.45) is 0 Å². The minimum Gasteiger partial charge on any atom is -0.397 e. The number of hydrogen-bond donors (Lipinski definition) is 1. The van der Waals surface area contributed by atoms with Gasteiger partial charge in [0.1, 0.15) is 5.82 Å². The smallest absolute Gasteiger partial charge is 0.110 e. The Labute approximate surface area is 87.1 Å². The van der Waals surface area contributed by atoms with Gasteiger partial charge in [0, 0.05) is 17.4 Å². The van der Waals surface area contributed by atoms with Gasteiger partial charge in [-0.1, -0.05) is 11.6 Å². The Morgan fingerprint density at radius 1 is 1.43 bits per heavy atom. The molecule has 4 heteroatoms. The highest BCUT2D eigenvalue weighted by molar-refractivity contribution is 6.30. The maximum atomic E-state index is 5.90. The molecule has 0 atom stereocenters. The molecule has 0 fully saturated rings. The van der Waals surface area contributed by atoms with Gasteiger partial charge in [0.15, 0.2) is 0 Å². The quantitative estimate of drug-likeness (QED) is 0.730. The molecule has 3 nitrogen and oxygen atoms in total. The predicted octanol–water partition coefficient (Wildman–Crippen LogP) is 2.42. The summed E-state index contributed by atoms with van der Waals surface area (Å²) in [6, 6.07) is 5.38. The largest absolute Gasteiger partial charge is 0.397 e. The van der Waals surface area contributed by atoms with Crippen LogP contribution < -0.4 is 5.73 Å². The van der Waals surface area contributed by atoms with Crippen molar-refractivity contribution in [2.45, 2.75) is 6.92 Å². The molecule has 2 aromatic rings. The summed E-state index contributed by atoms with van der Waals surface area (Å²) in [7, 11) is 0. The van der Waals surface area contributed by atoms with Gasteiger partial charge in [0.05, 0.1) is 11.4 Å². The Morgan fingerprint density at radius 3 is 2.86 bits per heavy atom. The molecule has 0 saturated carbocycles. The molecule has 2 N–H and O–H groups in total. The number of hydrogen-bond acceptors (Lipinski definition) is 2. The van der Waals surface area contributed by atoms with Gasteiger partial charge in [-0.05, 0) is 25.1 Å². The van der Waals surface area contributed by atoms with E-state index in [-0.39, 0.29) is 0 Å². The molecule has 0 amide bonds. The minimum atomic E-state index is 0.669. The number of anilines is 1. The molecule has 72 valence electrons. The van der Waals surface area contributed by atoms with Crippen LogP contribution in [-0.4, -0.2) is 9.55 Å². The highest BCUT2D eigenvalue weighted by Crippen LogP contribution is 2.22. The molecule has 0 aliphatic carbocycles. The lowest BCUT2D eigenvalue weighted by atomic mass is 10.2. The number of aromatic nitrogens is 2. The van der Waals surface area contributed by atoms with Crippen molar-refractivity contribution in [3.63, 3.8) is 0 Å². The van der Waals surface area contributed by atoms with Crippen LogP contribution in [0.4, 0.5) is 5.69 Å². The van der Waals surface area contributed by atoms with Crippen LogP contribution in [0.15, 0.2) is 30.6 Å². The van der Waals surface area contributed by atoms with Gasteiger partial charge < -0.3 is 10.3 Å². The van der Waals surface area contributed by atoms with Gasteiger partial charge in [-0.2, -0.15) is 0 Å². The number of nitrogens with zero attached hydrogens (tertiary/aromatic N) is 2. The molecule has 0 spiro atoms. The fourth-order valence-electron chi connectivity index (χ4n) is 1.36. The lowest BCUT2D eigenvalue weighted by Gasteiger charge is -2.08. The number of halogens is 1. The molecule has 0 unspecified atom stereocenters. The SMILES string of the molecule is Cc1nccn1-c1cc(Cl)ccc1N. The highest BCUT2D eigenvalue weighted by atomic mass is 35.5. The molecule has 0 aliphatic rings. The first kappa shape index (κ1) is 9.09. The second-order valence-corrected chi connectivity index (χ2v) is 3.48. The topological polar surface area (TPSA) is 43.8 Å². The van der Waals surface area contributed by atoms with E-state index in [9.17, 15) is 0 Å². The molecule has 0 saturated heterocycles. The molecule has 1 aromatic heterocycles. The molecule has 0 bridgehead atoms. The van der Waals surface area contributed by atoms with Gasteiger partial charge in [-0.25, -0.2) is 4.98 Å². The number of nitrogen functional groups attached to an aromatic ring is 1. The second kappa shape index (κ2) is 3.35. The van der Waals surface area contributed by atoms with E-state index in [2.05, 4.69) is 4.98 Å². The first-order valence-electron chi connectivity index (χ1n) is 4.24. The zero-order chi connectivity index (χ0) is 10.1. The second-order valence-electron chi connectivity index (χ2n) is 3.05. The number of nitrogens with two attached hydrogens (primary N) is 1. The van der Waals surface area contributed by atoms with E-state index in [1.807, 2.05) is 23.8 Å². The van der Waals surface area contributed by atoms with Crippen LogP contribution in [0.3, 0.4) is 0 Å². The first-order valence-corrected chi connectivity index (χ1v) is 4.61. The van der Waals surface area contributed by atoms with Crippen molar-refractivity contribution in [2.75, 3.05) is 5.73 Å². The van der Waals surface area contributed by atoms with Crippen molar-refractivity contribution < 1.29 is 0 Å². The van der Waals surface area contributed by atoms with Crippen LogP contribution in [0, 0.1) is 6.92 Å². The van der Waals surface area contributed by atoms with E-state index in [1.54, 1.807) is 18.3 Å². The molecular weight excluding hydrogens is 198 g/mol. The molecule has 0 aliphatic heterocycles. The minimum absolute atomic E-state index is 0.669. The predicted molar refractivity (Wildman–Crippen MR) is 57.7 cm³/mol. The van der Waals surface area contributed by atoms with E-state index < -0.39 is 0 Å². The summed E-state index contributed by atoms with van der Waals surface area (Å²) in [5.74, 6) is 0.888. The Kier molecular flexibility index (Phi) is 2.17. The lowest BCUT2D eigenvalue weighted by Crippen LogP contribution is -2.00. The van der Waals surface area contributed by atoms with Crippen LogP contribution in [0.2, 0.25) is 5.02 Å². The lowest BCUT2D eigenvalue weighted by molar-refractivity contribution is 0.977. The van der Waals surface area contributed by atoms with E-state index in [0.717, 1.165) is 11.5 Å². The third kappa shape index (κ3) is 1.46. The van der Waals surface area contributed by atoms with Crippen molar-refractivity contribution >= 4 is 17.3 Å². The zero-order valence-corrected chi connectivity index (χ0v) is 8.49. The Morgan fingerprint density at radius 2 is 2.21 bits per heavy atom. The molecule has 0 radical (unpaired) electrons. The fraction of sp³-hybridized carbons (Fsp3) is 0.100. The van der Waals surface area contributed by atoms with Gasteiger partial charge in [0.2, 0.25) is 0 Å². The molecule has 14 heavy (non-hydrogen) atoms. The summed E-state index contributed by atoms with van der Waals surface area (Å²) in [6.45, 7) is 1.92. The van der Waals surface area contributed by atoms with Gasteiger partial charge in [-0.15, -0.1) is 0 Å². The summed E-state index contributed by atoms with van der Waals surface area (Å²) in [5, 5.41) is 0.669. The third-order valence-corrected chi connectivity index (χ3v) is 2.31. The maximum absolute atomic E-state index is 5.90. The molecule has 1 heterocycles. The van der Waals surface area contributed by atoms with E-state index in [0.29, 0.717) is 10.7 Å². The molecular formula is C10H10ClN3. The Balaban J connectivity index is 2.62. The van der Waals surface area contributed by atoms with Crippen molar-refractivity contribution in [1.82, 2.24) is 9.55 Å². The summed E-state index contributed by atoms with van der Waals surface area (Å²) < 4.78 is 1.90. The fourth-order valence-corrected chi connectivity index (χ4v) is 1.52. The monoisotopic (exact) mass is 207 g/mol. The highest BCUT2D eigenvalue weighted by Gasteiger charge is 2.04. The maximum Gasteiger partial charge on any atom is 0.110 e. The Hall–Kier alpha value is -1.48. The number of rotatable bonds is 1. The van der Waals surface area contributed by atoms with Gasteiger partial charge >= 0.3 is 0 Å². The van der Waals surface area contributed by atoms with Crippen molar-refractivity contribution in [3.8, 4) is 5.69 Å². The number of benzene rings is 1. The molecule has 2 rings (SSSR count). The zero-order valence-electron chi connectivity index (χ0n) is 7.74. The summed E-state index contributed by atoms with van der Waals surface area (Å²) in [4.78, 5) is 4.13. The average molecular weight is 208 g/mol. The van der Waals surface area contributed by atoms with Crippen molar-refractivity contribution in [1.29, 1.82) is 0 Å². The van der Waals surface area contributed by atoms with Crippen LogP contribution >= 0.6 is 11.6 Å². The normalized spacial score (nSPS) is 10.4. The van der Waals surface area contributed by atoms with E-state index >= 15 is 0 Å². The standard InChI is InChI=1S/C10H10ClN3/c1-7-13-4-5-14(7)10-6-8(11)2-3-9(10)12/h2-6H,12H2,1H3. The van der Waals surface area contributed by atoms with Gasteiger partial charge in [0.25, 0.3) is 0 Å². The van der Waals surface area contributed by atoms with E-state index in [4.69, 9.17) is 17.3 Å². The van der Waals surface area contributed by atoms with Crippen LogP contribution in [-0.2, 0) is 0 Å². The summed E-state index contributed by atoms with van der Waals surface area (Å²) in [5.41, 5.74) is 7.40. The van der Waals surface area contributed by atoms with Crippen LogP contribution in [0.1, 0.15) is 5.82 Å².